The van der Waals surface area contributed by atoms with Crippen LogP contribution in [0.25, 0.3) is 11.1 Å². The van der Waals surface area contributed by atoms with Gasteiger partial charge in [0.05, 0.1) is 0 Å². The van der Waals surface area contributed by atoms with Crippen LogP contribution >= 0.6 is 0 Å². The number of rotatable bonds is 3. The van der Waals surface area contributed by atoms with Crippen LogP contribution in [0.5, 0.6) is 0 Å². The Kier molecular flexibility index (Phi) is 3.55. The average molecular weight is 229 g/mol. The minimum Gasteiger partial charge on any atom is -0.316 e. The fourth-order valence-electron chi connectivity index (χ4n) is 1.84. The van der Waals surface area contributed by atoms with E-state index in [2.05, 4.69) is 29.6 Å². The molecular weight excluding hydrogens is 213 g/mol. The summed E-state index contributed by atoms with van der Waals surface area (Å²) in [7, 11) is 1.93. The van der Waals surface area contributed by atoms with Gasteiger partial charge in [-0.2, -0.15) is 0 Å². The summed E-state index contributed by atoms with van der Waals surface area (Å²) < 4.78 is 13.2. The molecule has 0 aliphatic rings. The van der Waals surface area contributed by atoms with Gasteiger partial charge in [-0.05, 0) is 48.4 Å². The van der Waals surface area contributed by atoms with Crippen molar-refractivity contribution in [1.82, 2.24) is 5.32 Å². The molecule has 2 aromatic carbocycles. The molecule has 88 valence electrons. The zero-order chi connectivity index (χ0) is 12.3. The van der Waals surface area contributed by atoms with Crippen LogP contribution in [0.3, 0.4) is 0 Å². The maximum atomic E-state index is 13.2. The van der Waals surface area contributed by atoms with E-state index in [4.69, 9.17) is 0 Å². The van der Waals surface area contributed by atoms with Crippen molar-refractivity contribution in [3.8, 4) is 11.1 Å². The van der Waals surface area contributed by atoms with Gasteiger partial charge in [-0.15, -0.1) is 0 Å². The molecule has 0 saturated heterocycles. The van der Waals surface area contributed by atoms with E-state index in [-0.39, 0.29) is 5.82 Å². The van der Waals surface area contributed by atoms with Crippen LogP contribution in [0, 0.1) is 12.7 Å². The van der Waals surface area contributed by atoms with E-state index in [9.17, 15) is 4.39 Å². The molecule has 0 aliphatic heterocycles. The SMILES string of the molecule is CNCc1ccc(-c2ccc(F)c(C)c2)cc1. The van der Waals surface area contributed by atoms with Gasteiger partial charge in [0.1, 0.15) is 5.82 Å². The van der Waals surface area contributed by atoms with Crippen LogP contribution in [0.1, 0.15) is 11.1 Å². The minimum absolute atomic E-state index is 0.152. The summed E-state index contributed by atoms with van der Waals surface area (Å²) in [5, 5.41) is 3.11. The van der Waals surface area contributed by atoms with Gasteiger partial charge in [-0.3, -0.25) is 0 Å². The first-order chi connectivity index (χ1) is 8.20. The Hall–Kier alpha value is -1.67. The molecule has 0 unspecified atom stereocenters. The lowest BCUT2D eigenvalue weighted by atomic mass is 10.0. The highest BCUT2D eigenvalue weighted by molar-refractivity contribution is 5.64. The Morgan fingerprint density at radius 1 is 1.00 bits per heavy atom. The molecule has 1 N–H and O–H groups in total. The Balaban J connectivity index is 2.30. The topological polar surface area (TPSA) is 12.0 Å². The largest absolute Gasteiger partial charge is 0.316 e. The van der Waals surface area contributed by atoms with Crippen LogP contribution in [0.15, 0.2) is 42.5 Å². The first-order valence-corrected chi connectivity index (χ1v) is 5.71. The van der Waals surface area contributed by atoms with Crippen molar-refractivity contribution in [2.24, 2.45) is 0 Å². The maximum absolute atomic E-state index is 13.2. The molecule has 1 nitrogen and oxygen atoms in total. The molecule has 0 bridgehead atoms. The lowest BCUT2D eigenvalue weighted by Gasteiger charge is -2.05. The van der Waals surface area contributed by atoms with Crippen molar-refractivity contribution in [2.75, 3.05) is 7.05 Å². The van der Waals surface area contributed by atoms with Gasteiger partial charge in [0, 0.05) is 6.54 Å². The maximum Gasteiger partial charge on any atom is 0.126 e. The number of benzene rings is 2. The molecule has 0 spiro atoms. The highest BCUT2D eigenvalue weighted by atomic mass is 19.1. The molecule has 0 amide bonds. The second kappa shape index (κ2) is 5.11. The summed E-state index contributed by atoms with van der Waals surface area (Å²) in [6, 6.07) is 13.5. The van der Waals surface area contributed by atoms with Gasteiger partial charge in [-0.25, -0.2) is 4.39 Å². The van der Waals surface area contributed by atoms with Gasteiger partial charge in [0.2, 0.25) is 0 Å². The van der Waals surface area contributed by atoms with Crippen molar-refractivity contribution < 1.29 is 4.39 Å². The summed E-state index contributed by atoms with van der Waals surface area (Å²) in [4.78, 5) is 0. The van der Waals surface area contributed by atoms with E-state index in [1.165, 1.54) is 11.6 Å². The highest BCUT2D eigenvalue weighted by Gasteiger charge is 2.01. The van der Waals surface area contributed by atoms with Crippen molar-refractivity contribution in [3.05, 3.63) is 59.4 Å². The number of nitrogens with one attached hydrogen (secondary N) is 1. The standard InChI is InChI=1S/C15H16FN/c1-11-9-14(7-8-15(11)16)13-5-3-12(4-6-13)10-17-2/h3-9,17H,10H2,1-2H3. The second-order valence-corrected chi connectivity index (χ2v) is 4.19. The number of aryl methyl sites for hydroxylation is 1. The molecule has 0 heterocycles. The Labute approximate surface area is 101 Å². The Morgan fingerprint density at radius 3 is 2.24 bits per heavy atom. The van der Waals surface area contributed by atoms with Crippen LogP contribution in [0.4, 0.5) is 4.39 Å². The molecule has 2 rings (SSSR count). The molecular formula is C15H16FN. The monoisotopic (exact) mass is 229 g/mol. The third kappa shape index (κ3) is 2.71. The van der Waals surface area contributed by atoms with Gasteiger partial charge < -0.3 is 5.32 Å². The zero-order valence-electron chi connectivity index (χ0n) is 10.1. The van der Waals surface area contributed by atoms with Gasteiger partial charge >= 0.3 is 0 Å². The predicted molar refractivity (Wildman–Crippen MR) is 69.3 cm³/mol. The van der Waals surface area contributed by atoms with Crippen molar-refractivity contribution in [1.29, 1.82) is 0 Å². The summed E-state index contributed by atoms with van der Waals surface area (Å²) in [5.74, 6) is -0.152. The predicted octanol–water partition coefficient (Wildman–Crippen LogP) is 3.52. The molecule has 17 heavy (non-hydrogen) atoms. The van der Waals surface area contributed by atoms with E-state index in [0.29, 0.717) is 5.56 Å². The molecule has 0 atom stereocenters. The summed E-state index contributed by atoms with van der Waals surface area (Å²) in [6.45, 7) is 2.65. The normalized spacial score (nSPS) is 10.5. The lowest BCUT2D eigenvalue weighted by molar-refractivity contribution is 0.619. The number of hydrogen-bond acceptors (Lipinski definition) is 1. The third-order valence-corrected chi connectivity index (χ3v) is 2.83. The quantitative estimate of drug-likeness (QED) is 0.849. The average Bonchev–Trinajstić information content (AvgIpc) is 2.34. The van der Waals surface area contributed by atoms with Crippen molar-refractivity contribution >= 4 is 0 Å². The molecule has 0 fully saturated rings. The van der Waals surface area contributed by atoms with Gasteiger partial charge in [0.15, 0.2) is 0 Å². The molecule has 2 heteroatoms. The third-order valence-electron chi connectivity index (χ3n) is 2.83. The van der Waals surface area contributed by atoms with E-state index in [1.54, 1.807) is 6.92 Å². The van der Waals surface area contributed by atoms with Crippen LogP contribution in [-0.4, -0.2) is 7.05 Å². The smallest absolute Gasteiger partial charge is 0.126 e. The summed E-state index contributed by atoms with van der Waals surface area (Å²) >= 11 is 0. The van der Waals surface area contributed by atoms with Gasteiger partial charge in [0.25, 0.3) is 0 Å². The highest BCUT2D eigenvalue weighted by Crippen LogP contribution is 2.22. The van der Waals surface area contributed by atoms with E-state index < -0.39 is 0 Å². The molecule has 0 saturated carbocycles. The number of hydrogen-bond donors (Lipinski definition) is 1. The minimum atomic E-state index is -0.152. The van der Waals surface area contributed by atoms with Crippen LogP contribution < -0.4 is 5.32 Å². The molecule has 2 aromatic rings. The first kappa shape index (κ1) is 11.8. The molecule has 0 aromatic heterocycles. The van der Waals surface area contributed by atoms with E-state index >= 15 is 0 Å². The first-order valence-electron chi connectivity index (χ1n) is 5.71. The lowest BCUT2D eigenvalue weighted by Crippen LogP contribution is -2.04. The fraction of sp³-hybridized carbons (Fsp3) is 0.200. The molecule has 0 radical (unpaired) electrons. The number of halogens is 1. The fourth-order valence-corrected chi connectivity index (χ4v) is 1.84. The van der Waals surface area contributed by atoms with Gasteiger partial charge in [-0.1, -0.05) is 30.3 Å². The van der Waals surface area contributed by atoms with Crippen LogP contribution in [0.2, 0.25) is 0 Å². The zero-order valence-corrected chi connectivity index (χ0v) is 10.1. The van der Waals surface area contributed by atoms with E-state index in [0.717, 1.165) is 17.7 Å². The Bertz CT molecular complexity index is 503. The van der Waals surface area contributed by atoms with E-state index in [1.807, 2.05) is 19.2 Å². The molecule has 0 aliphatic carbocycles. The van der Waals surface area contributed by atoms with Crippen molar-refractivity contribution in [2.45, 2.75) is 13.5 Å². The van der Waals surface area contributed by atoms with Crippen LogP contribution in [-0.2, 0) is 6.54 Å². The summed E-state index contributed by atoms with van der Waals surface area (Å²) in [6.07, 6.45) is 0. The Morgan fingerprint density at radius 2 is 1.65 bits per heavy atom. The van der Waals surface area contributed by atoms with Crippen molar-refractivity contribution in [3.63, 3.8) is 0 Å². The second-order valence-electron chi connectivity index (χ2n) is 4.19. The summed E-state index contributed by atoms with van der Waals surface area (Å²) in [5.41, 5.74) is 4.10.